The lowest BCUT2D eigenvalue weighted by Crippen LogP contribution is -2.44. The molecule has 208 valence electrons. The Balaban J connectivity index is 1.65. The predicted molar refractivity (Wildman–Crippen MR) is 138 cm³/mol. The fourth-order valence-electron chi connectivity index (χ4n) is 5.39. The zero-order valence-electron chi connectivity index (χ0n) is 22.6. The monoisotopic (exact) mass is 530 g/mol. The molecule has 1 aromatic carbocycles. The highest BCUT2D eigenvalue weighted by Gasteiger charge is 2.47. The van der Waals surface area contributed by atoms with E-state index in [9.17, 15) is 14.7 Å². The van der Waals surface area contributed by atoms with Gasteiger partial charge in [-0.25, -0.2) is 10.0 Å². The second kappa shape index (κ2) is 12.5. The number of rotatable bonds is 13. The number of nitrogens with zero attached hydrogens (tertiary/aromatic N) is 4. The standard InChI is InChI=1S/C27H38N4O7/c1-5-10-31(38-12-6-2)24(32)16-30-15-19(18-13-21(35-4)26-22(14-18)36-17-37-26)25(27(33)34)20(30)7-8-23-28-9-11-29(23)3/h9,11,13-14,19-20,25H,5-8,10,12,15-17H2,1-4H3,(H,33,34)/t19-,20+,25-/m1/s1. The summed E-state index contributed by atoms with van der Waals surface area (Å²) in [5.74, 6) is 0.213. The first-order chi connectivity index (χ1) is 18.4. The van der Waals surface area contributed by atoms with Crippen LogP contribution in [0.5, 0.6) is 17.2 Å². The van der Waals surface area contributed by atoms with E-state index in [1.807, 2.05) is 48.7 Å². The van der Waals surface area contributed by atoms with Crippen LogP contribution in [0.3, 0.4) is 0 Å². The van der Waals surface area contributed by atoms with Gasteiger partial charge >= 0.3 is 5.97 Å². The minimum Gasteiger partial charge on any atom is -0.493 e. The number of hydrogen-bond acceptors (Lipinski definition) is 8. The van der Waals surface area contributed by atoms with E-state index in [2.05, 4.69) is 4.98 Å². The lowest BCUT2D eigenvalue weighted by Gasteiger charge is -2.29. The second-order valence-corrected chi connectivity index (χ2v) is 9.75. The van der Waals surface area contributed by atoms with E-state index in [4.69, 9.17) is 19.0 Å². The van der Waals surface area contributed by atoms with Crippen molar-refractivity contribution < 1.29 is 33.7 Å². The number of carbonyl (C=O) groups is 2. The van der Waals surface area contributed by atoms with Gasteiger partial charge in [0.05, 0.1) is 26.2 Å². The molecule has 38 heavy (non-hydrogen) atoms. The zero-order valence-corrected chi connectivity index (χ0v) is 22.6. The SMILES string of the molecule is CCCON(CCC)C(=O)CN1C[C@H](c2cc(OC)c3c(c2)OCO3)[C@@H](C(=O)O)[C@@H]1CCc1nccn1C. The summed E-state index contributed by atoms with van der Waals surface area (Å²) in [6, 6.07) is 3.27. The number of hydroxylamine groups is 2. The molecule has 0 unspecified atom stereocenters. The summed E-state index contributed by atoms with van der Waals surface area (Å²) in [6.45, 7) is 5.46. The summed E-state index contributed by atoms with van der Waals surface area (Å²) in [6.07, 6.45) is 6.28. The summed E-state index contributed by atoms with van der Waals surface area (Å²) in [5, 5.41) is 11.9. The van der Waals surface area contributed by atoms with Crippen LogP contribution in [0.25, 0.3) is 0 Å². The van der Waals surface area contributed by atoms with E-state index in [1.165, 1.54) is 5.06 Å². The number of imidazole rings is 1. The molecule has 1 fully saturated rings. The number of aromatic nitrogens is 2. The highest BCUT2D eigenvalue weighted by atomic mass is 16.7. The smallest absolute Gasteiger partial charge is 0.308 e. The van der Waals surface area contributed by atoms with Crippen LogP contribution in [0.2, 0.25) is 0 Å². The van der Waals surface area contributed by atoms with Gasteiger partial charge in [-0.3, -0.25) is 19.3 Å². The highest BCUT2D eigenvalue weighted by molar-refractivity contribution is 5.78. The maximum atomic E-state index is 13.3. The van der Waals surface area contributed by atoms with E-state index in [0.29, 0.717) is 49.8 Å². The third kappa shape index (κ3) is 5.88. The van der Waals surface area contributed by atoms with E-state index in [1.54, 1.807) is 13.3 Å². The molecule has 1 amide bonds. The van der Waals surface area contributed by atoms with Crippen molar-refractivity contribution in [3.05, 3.63) is 35.9 Å². The van der Waals surface area contributed by atoms with Gasteiger partial charge in [0.1, 0.15) is 5.82 Å². The van der Waals surface area contributed by atoms with Crippen LogP contribution in [-0.2, 0) is 27.9 Å². The van der Waals surface area contributed by atoms with Gasteiger partial charge in [-0.15, -0.1) is 0 Å². The molecule has 4 rings (SSSR count). The van der Waals surface area contributed by atoms with Gasteiger partial charge in [-0.1, -0.05) is 13.8 Å². The number of carboxylic acids is 1. The molecule has 2 aliphatic rings. The number of carboxylic acid groups (broad SMARTS) is 1. The van der Waals surface area contributed by atoms with Gasteiger partial charge in [0.15, 0.2) is 11.5 Å². The van der Waals surface area contributed by atoms with Gasteiger partial charge in [-0.05, 0) is 37.0 Å². The molecule has 0 bridgehead atoms. The minimum atomic E-state index is -0.904. The number of hydrogen-bond donors (Lipinski definition) is 1. The summed E-state index contributed by atoms with van der Waals surface area (Å²) >= 11 is 0. The van der Waals surface area contributed by atoms with Gasteiger partial charge in [0.2, 0.25) is 12.5 Å². The van der Waals surface area contributed by atoms with E-state index >= 15 is 0 Å². The van der Waals surface area contributed by atoms with Crippen molar-refractivity contribution >= 4 is 11.9 Å². The number of carbonyl (C=O) groups excluding carboxylic acids is 1. The molecule has 0 saturated carbocycles. The summed E-state index contributed by atoms with van der Waals surface area (Å²) in [5.41, 5.74) is 0.781. The van der Waals surface area contributed by atoms with Crippen LogP contribution in [0.1, 0.15) is 50.4 Å². The second-order valence-electron chi connectivity index (χ2n) is 9.75. The number of aryl methyl sites for hydroxylation is 2. The Morgan fingerprint density at radius 3 is 2.71 bits per heavy atom. The van der Waals surface area contributed by atoms with Crippen molar-refractivity contribution in [2.75, 3.05) is 40.1 Å². The van der Waals surface area contributed by atoms with E-state index in [-0.39, 0.29) is 31.2 Å². The van der Waals surface area contributed by atoms with Crippen molar-refractivity contribution in [2.24, 2.45) is 13.0 Å². The third-order valence-electron chi connectivity index (χ3n) is 7.22. The number of fused-ring (bicyclic) bond motifs is 1. The van der Waals surface area contributed by atoms with Crippen molar-refractivity contribution in [2.45, 2.75) is 51.5 Å². The molecule has 11 heteroatoms. The van der Waals surface area contributed by atoms with Crippen molar-refractivity contribution in [1.29, 1.82) is 0 Å². The Morgan fingerprint density at radius 1 is 1.24 bits per heavy atom. The molecular formula is C27H38N4O7. The molecule has 0 radical (unpaired) electrons. The van der Waals surface area contributed by atoms with Crippen molar-refractivity contribution in [3.63, 3.8) is 0 Å². The van der Waals surface area contributed by atoms with Gasteiger partial charge in [0.25, 0.3) is 5.91 Å². The molecule has 2 aromatic rings. The lowest BCUT2D eigenvalue weighted by atomic mass is 9.83. The molecule has 1 saturated heterocycles. The molecule has 0 spiro atoms. The van der Waals surface area contributed by atoms with Crippen molar-refractivity contribution in [3.8, 4) is 17.2 Å². The lowest BCUT2D eigenvalue weighted by molar-refractivity contribution is -0.188. The Morgan fingerprint density at radius 2 is 2.05 bits per heavy atom. The number of methoxy groups -OCH3 is 1. The van der Waals surface area contributed by atoms with Crippen LogP contribution in [0, 0.1) is 5.92 Å². The van der Waals surface area contributed by atoms with Gasteiger partial charge < -0.3 is 23.9 Å². The topological polar surface area (TPSA) is 116 Å². The fraction of sp³-hybridized carbons (Fsp3) is 0.593. The van der Waals surface area contributed by atoms with E-state index < -0.39 is 11.9 Å². The summed E-state index contributed by atoms with van der Waals surface area (Å²) in [7, 11) is 3.46. The predicted octanol–water partition coefficient (Wildman–Crippen LogP) is 2.84. The average molecular weight is 531 g/mol. The maximum Gasteiger partial charge on any atom is 0.308 e. The minimum absolute atomic E-state index is 0.0664. The van der Waals surface area contributed by atoms with Gasteiger partial charge in [0, 0.05) is 50.9 Å². The van der Waals surface area contributed by atoms with Crippen molar-refractivity contribution in [1.82, 2.24) is 19.5 Å². The van der Waals surface area contributed by atoms with E-state index in [0.717, 1.165) is 24.2 Å². The summed E-state index contributed by atoms with van der Waals surface area (Å²) < 4.78 is 18.6. The number of likely N-dealkylation sites (tertiary alicyclic amines) is 1. The summed E-state index contributed by atoms with van der Waals surface area (Å²) in [4.78, 5) is 38.2. The molecule has 1 N–H and O–H groups in total. The van der Waals surface area contributed by atoms with Gasteiger partial charge in [-0.2, -0.15) is 0 Å². The Bertz CT molecular complexity index is 1120. The Hall–Kier alpha value is -3.31. The molecule has 2 aliphatic heterocycles. The number of aliphatic carboxylic acids is 1. The van der Waals surface area contributed by atoms with Crippen LogP contribution in [-0.4, -0.2) is 82.7 Å². The van der Waals surface area contributed by atoms with Crippen LogP contribution in [0.4, 0.5) is 0 Å². The normalized spacial score (nSPS) is 20.6. The first kappa shape index (κ1) is 27.7. The van der Waals surface area contributed by atoms with Crippen LogP contribution >= 0.6 is 0 Å². The number of ether oxygens (including phenoxy) is 3. The molecule has 0 aliphatic carbocycles. The average Bonchev–Trinajstić information content (AvgIpc) is 3.63. The maximum absolute atomic E-state index is 13.3. The van der Waals surface area contributed by atoms with Crippen LogP contribution < -0.4 is 14.2 Å². The molecule has 3 heterocycles. The first-order valence-electron chi connectivity index (χ1n) is 13.2. The molecular weight excluding hydrogens is 492 g/mol. The molecule has 11 nitrogen and oxygen atoms in total. The fourth-order valence-corrected chi connectivity index (χ4v) is 5.39. The Labute approximate surface area is 223 Å². The third-order valence-corrected chi connectivity index (χ3v) is 7.22. The number of benzene rings is 1. The highest BCUT2D eigenvalue weighted by Crippen LogP contribution is 2.47. The zero-order chi connectivity index (χ0) is 27.2. The largest absolute Gasteiger partial charge is 0.493 e. The Kier molecular flexibility index (Phi) is 9.11. The number of amides is 1. The van der Waals surface area contributed by atoms with Crippen LogP contribution in [0.15, 0.2) is 24.5 Å². The first-order valence-corrected chi connectivity index (χ1v) is 13.2. The molecule has 1 aromatic heterocycles. The molecule has 3 atom stereocenters. The quantitative estimate of drug-likeness (QED) is 0.390.